The fraction of sp³-hybridized carbons (Fsp3) is 0.143. The van der Waals surface area contributed by atoms with Crippen molar-refractivity contribution in [3.8, 4) is 11.8 Å². The molecule has 1 N–H and O–H groups in total. The van der Waals surface area contributed by atoms with Gasteiger partial charge in [-0.15, -0.1) is 0 Å². The largest absolute Gasteiger partial charge is 0.424 e. The average Bonchev–Trinajstić information content (AvgIpc) is 2.73. The van der Waals surface area contributed by atoms with E-state index in [2.05, 4.69) is 20.3 Å². The van der Waals surface area contributed by atoms with E-state index in [4.69, 9.17) is 9.15 Å². The molecule has 4 aromatic rings. The Morgan fingerprint density at radius 2 is 1.93 bits per heavy atom. The van der Waals surface area contributed by atoms with Crippen LogP contribution in [0.2, 0.25) is 0 Å². The molecule has 3 heterocycles. The van der Waals surface area contributed by atoms with Crippen LogP contribution in [0.25, 0.3) is 11.0 Å². The molecule has 0 unspecified atom stereocenters. The zero-order valence-corrected chi connectivity index (χ0v) is 15.8. The summed E-state index contributed by atoms with van der Waals surface area (Å²) in [6.45, 7) is 1.81. The number of anilines is 1. The highest BCUT2D eigenvalue weighted by molar-refractivity contribution is 5.82. The summed E-state index contributed by atoms with van der Waals surface area (Å²) in [5.74, 6) is 0.0913. The molecule has 0 saturated heterocycles. The molecule has 0 fully saturated rings. The van der Waals surface area contributed by atoms with Gasteiger partial charge in [-0.25, -0.2) is 24.1 Å². The van der Waals surface area contributed by atoms with Gasteiger partial charge >= 0.3 is 11.6 Å². The number of nitrogens with zero attached hydrogens (tertiary/aromatic N) is 3. The van der Waals surface area contributed by atoms with Gasteiger partial charge in [-0.2, -0.15) is 0 Å². The molecule has 3 aromatic heterocycles. The third-order valence-electron chi connectivity index (χ3n) is 4.58. The molecule has 146 valence electrons. The summed E-state index contributed by atoms with van der Waals surface area (Å²) in [5, 5.41) is 3.43. The zero-order valence-electron chi connectivity index (χ0n) is 15.8. The van der Waals surface area contributed by atoms with Crippen molar-refractivity contribution in [1.82, 2.24) is 15.0 Å². The normalized spacial score (nSPS) is 10.9. The van der Waals surface area contributed by atoms with Gasteiger partial charge in [-0.05, 0) is 42.3 Å². The smallest absolute Gasteiger partial charge is 0.340 e. The molecule has 0 atom stereocenters. The highest BCUT2D eigenvalue weighted by atomic mass is 19.1. The second-order valence-corrected chi connectivity index (χ2v) is 6.34. The molecule has 0 radical (unpaired) electrons. The fourth-order valence-corrected chi connectivity index (χ4v) is 3.07. The number of nitrogens with one attached hydrogen (secondary N) is 1. The maximum Gasteiger partial charge on any atom is 0.340 e. The van der Waals surface area contributed by atoms with E-state index < -0.39 is 11.4 Å². The Bertz CT molecular complexity index is 1240. The van der Waals surface area contributed by atoms with Crippen LogP contribution in [0, 0.1) is 12.7 Å². The van der Waals surface area contributed by atoms with E-state index in [9.17, 15) is 9.18 Å². The van der Waals surface area contributed by atoms with Crippen LogP contribution in [0.1, 0.15) is 16.7 Å². The minimum absolute atomic E-state index is 0.100. The zero-order chi connectivity index (χ0) is 20.4. The summed E-state index contributed by atoms with van der Waals surface area (Å²) >= 11 is 0. The van der Waals surface area contributed by atoms with Gasteiger partial charge in [0, 0.05) is 49.1 Å². The first-order chi connectivity index (χ1) is 14.1. The lowest BCUT2D eigenvalue weighted by molar-refractivity contribution is 0.440. The molecule has 1 aromatic carbocycles. The second kappa shape index (κ2) is 7.67. The number of aromatic nitrogens is 3. The number of hydrogen-bond acceptors (Lipinski definition) is 7. The van der Waals surface area contributed by atoms with Crippen LogP contribution in [-0.4, -0.2) is 22.0 Å². The number of pyridine rings is 1. The number of ether oxygens (including phenoxy) is 1. The van der Waals surface area contributed by atoms with E-state index in [1.165, 1.54) is 6.20 Å². The maximum absolute atomic E-state index is 14.5. The quantitative estimate of drug-likeness (QED) is 0.516. The predicted octanol–water partition coefficient (Wildman–Crippen LogP) is 3.85. The molecule has 7 nitrogen and oxygen atoms in total. The van der Waals surface area contributed by atoms with Gasteiger partial charge in [0.1, 0.15) is 11.3 Å². The average molecular weight is 392 g/mol. The summed E-state index contributed by atoms with van der Waals surface area (Å²) in [5.41, 5.74) is 1.33. The Kier molecular flexibility index (Phi) is 4.90. The van der Waals surface area contributed by atoms with E-state index in [-0.39, 0.29) is 18.2 Å². The number of fused-ring (bicyclic) bond motifs is 1. The molecule has 0 aliphatic heterocycles. The Labute approximate surface area is 165 Å². The van der Waals surface area contributed by atoms with Crippen molar-refractivity contribution in [3.63, 3.8) is 0 Å². The maximum atomic E-state index is 14.5. The van der Waals surface area contributed by atoms with Gasteiger partial charge in [0.2, 0.25) is 0 Å². The Hall–Kier alpha value is -3.81. The molecule has 0 spiro atoms. The van der Waals surface area contributed by atoms with Gasteiger partial charge in [-0.3, -0.25) is 0 Å². The predicted molar refractivity (Wildman–Crippen MR) is 106 cm³/mol. The van der Waals surface area contributed by atoms with Crippen LogP contribution in [0.15, 0.2) is 58.1 Å². The first-order valence-electron chi connectivity index (χ1n) is 8.89. The van der Waals surface area contributed by atoms with Crippen molar-refractivity contribution in [2.24, 2.45) is 0 Å². The number of halogens is 1. The van der Waals surface area contributed by atoms with Crippen LogP contribution in [0.4, 0.5) is 10.2 Å². The number of rotatable bonds is 5. The molecular weight excluding hydrogens is 375 g/mol. The molecule has 0 aliphatic carbocycles. The van der Waals surface area contributed by atoms with Crippen LogP contribution >= 0.6 is 0 Å². The van der Waals surface area contributed by atoms with Crippen LogP contribution < -0.4 is 15.7 Å². The molecule has 0 amide bonds. The van der Waals surface area contributed by atoms with E-state index in [1.54, 1.807) is 49.8 Å². The van der Waals surface area contributed by atoms with Crippen molar-refractivity contribution >= 4 is 16.8 Å². The van der Waals surface area contributed by atoms with Crippen LogP contribution in [-0.2, 0) is 6.42 Å². The topological polar surface area (TPSA) is 90.1 Å². The minimum Gasteiger partial charge on any atom is -0.424 e. The first-order valence-corrected chi connectivity index (χ1v) is 8.89. The lowest BCUT2D eigenvalue weighted by Crippen LogP contribution is -2.12. The number of benzene rings is 1. The van der Waals surface area contributed by atoms with Crippen molar-refractivity contribution in [1.29, 1.82) is 0 Å². The van der Waals surface area contributed by atoms with E-state index >= 15 is 0 Å². The highest BCUT2D eigenvalue weighted by Crippen LogP contribution is 2.27. The van der Waals surface area contributed by atoms with Gasteiger partial charge in [0.15, 0.2) is 11.6 Å². The van der Waals surface area contributed by atoms with E-state index in [0.29, 0.717) is 22.5 Å². The molecule has 0 aliphatic rings. The molecule has 0 bridgehead atoms. The third kappa shape index (κ3) is 3.64. The summed E-state index contributed by atoms with van der Waals surface area (Å²) in [6.07, 6.45) is 4.73. The van der Waals surface area contributed by atoms with Gasteiger partial charge in [0.25, 0.3) is 0 Å². The van der Waals surface area contributed by atoms with Gasteiger partial charge in [0.05, 0.1) is 0 Å². The van der Waals surface area contributed by atoms with E-state index in [1.807, 2.05) is 6.92 Å². The van der Waals surface area contributed by atoms with Gasteiger partial charge < -0.3 is 14.5 Å². The Balaban J connectivity index is 1.72. The van der Waals surface area contributed by atoms with Crippen LogP contribution in [0.5, 0.6) is 11.8 Å². The van der Waals surface area contributed by atoms with Crippen molar-refractivity contribution in [2.75, 3.05) is 12.4 Å². The SMILES string of the molecule is CNc1nccc(Cc2c(C)c3ccc(Oc4ncccn4)cc3oc2=O)c1F. The second-order valence-electron chi connectivity index (χ2n) is 6.34. The minimum atomic E-state index is -0.523. The summed E-state index contributed by atoms with van der Waals surface area (Å²) in [4.78, 5) is 24.5. The first kappa shape index (κ1) is 18.5. The third-order valence-corrected chi connectivity index (χ3v) is 4.58. The van der Waals surface area contributed by atoms with Crippen molar-refractivity contribution in [2.45, 2.75) is 13.3 Å². The van der Waals surface area contributed by atoms with Crippen molar-refractivity contribution in [3.05, 3.63) is 81.9 Å². The Morgan fingerprint density at radius 1 is 1.14 bits per heavy atom. The summed E-state index contributed by atoms with van der Waals surface area (Å²) in [6, 6.07) is 8.56. The molecule has 8 heteroatoms. The molecular formula is C21H17FN4O3. The van der Waals surface area contributed by atoms with Gasteiger partial charge in [-0.1, -0.05) is 0 Å². The van der Waals surface area contributed by atoms with Crippen LogP contribution in [0.3, 0.4) is 0 Å². The summed E-state index contributed by atoms with van der Waals surface area (Å²) < 4.78 is 25.6. The molecule has 4 rings (SSSR count). The summed E-state index contributed by atoms with van der Waals surface area (Å²) in [7, 11) is 1.59. The molecule has 0 saturated carbocycles. The number of aryl methyl sites for hydroxylation is 1. The highest BCUT2D eigenvalue weighted by Gasteiger charge is 2.16. The lowest BCUT2D eigenvalue weighted by Gasteiger charge is -2.11. The lowest BCUT2D eigenvalue weighted by atomic mass is 10.00. The monoisotopic (exact) mass is 392 g/mol. The van der Waals surface area contributed by atoms with E-state index in [0.717, 1.165) is 10.9 Å². The number of hydrogen-bond donors (Lipinski definition) is 1. The standard InChI is InChI=1S/C21H17FN4O3/c1-12-15-5-4-14(28-21-25-7-3-8-26-21)11-17(15)29-20(27)16(12)10-13-6-9-24-19(23-2)18(13)22/h3-9,11H,10H2,1-2H3,(H,23,24). The molecule has 29 heavy (non-hydrogen) atoms. The Morgan fingerprint density at radius 3 is 2.69 bits per heavy atom. The fourth-order valence-electron chi connectivity index (χ4n) is 3.07. The van der Waals surface area contributed by atoms with Crippen molar-refractivity contribution < 1.29 is 13.5 Å².